The molecule has 0 atom stereocenters. The van der Waals surface area contributed by atoms with Crippen LogP contribution in [0.2, 0.25) is 0 Å². The van der Waals surface area contributed by atoms with E-state index < -0.39 is 12.7 Å². The Bertz CT molecular complexity index is 83.5. The van der Waals surface area contributed by atoms with Gasteiger partial charge in [0, 0.05) is 0 Å². The summed E-state index contributed by atoms with van der Waals surface area (Å²) in [4.78, 5) is 4.39. The summed E-state index contributed by atoms with van der Waals surface area (Å²) in [6, 6.07) is 0. The van der Waals surface area contributed by atoms with E-state index in [9.17, 15) is 13.2 Å². The van der Waals surface area contributed by atoms with Crippen LogP contribution < -0.4 is 5.48 Å². The van der Waals surface area contributed by atoms with E-state index in [1.54, 1.807) is 5.48 Å². The SMILES string of the molecule is CCCONCC(F)(F)F. The van der Waals surface area contributed by atoms with Crippen LogP contribution in [0.25, 0.3) is 0 Å². The summed E-state index contributed by atoms with van der Waals surface area (Å²) >= 11 is 0. The topological polar surface area (TPSA) is 21.3 Å². The largest absolute Gasteiger partial charge is 0.403 e. The third-order valence-electron chi connectivity index (χ3n) is 0.681. The van der Waals surface area contributed by atoms with Gasteiger partial charge in [0.05, 0.1) is 6.61 Å². The van der Waals surface area contributed by atoms with Gasteiger partial charge >= 0.3 is 6.18 Å². The zero-order valence-electron chi connectivity index (χ0n) is 5.66. The number of hydroxylamine groups is 1. The molecule has 62 valence electrons. The molecule has 2 nitrogen and oxygen atoms in total. The van der Waals surface area contributed by atoms with Gasteiger partial charge in [0.1, 0.15) is 6.54 Å². The first-order chi connectivity index (χ1) is 4.56. The number of rotatable bonds is 4. The van der Waals surface area contributed by atoms with Gasteiger partial charge in [-0.2, -0.15) is 18.7 Å². The van der Waals surface area contributed by atoms with E-state index in [4.69, 9.17) is 0 Å². The number of nitrogens with one attached hydrogen (secondary N) is 1. The average molecular weight is 157 g/mol. The quantitative estimate of drug-likeness (QED) is 0.493. The first-order valence-corrected chi connectivity index (χ1v) is 2.97. The van der Waals surface area contributed by atoms with Crippen LogP contribution in [0.4, 0.5) is 13.2 Å². The van der Waals surface area contributed by atoms with Gasteiger partial charge in [0.25, 0.3) is 0 Å². The second kappa shape index (κ2) is 4.51. The normalized spacial score (nSPS) is 12.0. The highest BCUT2D eigenvalue weighted by molar-refractivity contribution is 4.47. The van der Waals surface area contributed by atoms with Crippen LogP contribution in [-0.2, 0) is 4.84 Å². The summed E-state index contributed by atoms with van der Waals surface area (Å²) in [6.07, 6.45) is -3.49. The molecule has 0 amide bonds. The molecular weight excluding hydrogens is 147 g/mol. The molecule has 0 unspecified atom stereocenters. The van der Waals surface area contributed by atoms with Gasteiger partial charge in [-0.15, -0.1) is 0 Å². The molecule has 0 aliphatic rings. The lowest BCUT2D eigenvalue weighted by atomic mass is 10.5. The van der Waals surface area contributed by atoms with Gasteiger partial charge < -0.3 is 4.84 Å². The molecule has 0 spiro atoms. The molecule has 0 aromatic rings. The fourth-order valence-electron chi connectivity index (χ4n) is 0.307. The van der Waals surface area contributed by atoms with E-state index in [1.165, 1.54) is 0 Å². The smallest absolute Gasteiger partial charge is 0.302 e. The fraction of sp³-hybridized carbons (Fsp3) is 1.00. The van der Waals surface area contributed by atoms with Crippen LogP contribution >= 0.6 is 0 Å². The zero-order valence-corrected chi connectivity index (χ0v) is 5.66. The van der Waals surface area contributed by atoms with Crippen LogP contribution in [0.15, 0.2) is 0 Å². The molecular formula is C5H10F3NO. The summed E-state index contributed by atoms with van der Waals surface area (Å²) < 4.78 is 34.0. The predicted octanol–water partition coefficient (Wildman–Crippen LogP) is 1.48. The minimum atomic E-state index is -4.19. The third kappa shape index (κ3) is 7.71. The van der Waals surface area contributed by atoms with Gasteiger partial charge in [-0.05, 0) is 6.42 Å². The van der Waals surface area contributed by atoms with Crippen LogP contribution in [0, 0.1) is 0 Å². The van der Waals surface area contributed by atoms with Crippen molar-refractivity contribution in [3.63, 3.8) is 0 Å². The van der Waals surface area contributed by atoms with E-state index in [0.29, 0.717) is 13.0 Å². The Labute approximate surface area is 57.3 Å². The number of alkyl halides is 3. The van der Waals surface area contributed by atoms with Gasteiger partial charge in [-0.1, -0.05) is 6.92 Å². The number of hydrogen-bond donors (Lipinski definition) is 1. The predicted molar refractivity (Wildman–Crippen MR) is 30.3 cm³/mol. The summed E-state index contributed by atoms with van der Waals surface area (Å²) in [5.74, 6) is 0. The molecule has 0 saturated heterocycles. The Balaban J connectivity index is 3.04. The molecule has 1 N–H and O–H groups in total. The van der Waals surface area contributed by atoms with E-state index in [2.05, 4.69) is 4.84 Å². The molecule has 0 aliphatic heterocycles. The lowest BCUT2D eigenvalue weighted by Gasteiger charge is -2.06. The molecule has 0 heterocycles. The van der Waals surface area contributed by atoms with Crippen molar-refractivity contribution in [2.75, 3.05) is 13.2 Å². The van der Waals surface area contributed by atoms with E-state index in [0.717, 1.165) is 0 Å². The van der Waals surface area contributed by atoms with E-state index in [1.807, 2.05) is 6.92 Å². The molecule has 0 fully saturated rings. The maximum Gasteiger partial charge on any atom is 0.403 e. The maximum absolute atomic E-state index is 11.3. The molecule has 0 rings (SSSR count). The minimum Gasteiger partial charge on any atom is -0.302 e. The van der Waals surface area contributed by atoms with Crippen LogP contribution in [-0.4, -0.2) is 19.3 Å². The molecule has 0 aromatic carbocycles. The molecule has 5 heteroatoms. The highest BCUT2D eigenvalue weighted by atomic mass is 19.4. The minimum absolute atomic E-state index is 0.302. The summed E-state index contributed by atoms with van der Waals surface area (Å²) in [5, 5.41) is 0. The fourth-order valence-corrected chi connectivity index (χ4v) is 0.307. The van der Waals surface area contributed by atoms with Crippen molar-refractivity contribution >= 4 is 0 Å². The second-order valence-electron chi connectivity index (χ2n) is 1.78. The average Bonchev–Trinajstić information content (AvgIpc) is 1.78. The molecule has 0 aromatic heterocycles. The van der Waals surface area contributed by atoms with Crippen molar-refractivity contribution in [2.24, 2.45) is 0 Å². The number of hydrogen-bond acceptors (Lipinski definition) is 2. The maximum atomic E-state index is 11.3. The Morgan fingerprint density at radius 1 is 1.40 bits per heavy atom. The molecule has 0 aliphatic carbocycles. The Kier molecular flexibility index (Phi) is 4.38. The Morgan fingerprint density at radius 3 is 2.40 bits per heavy atom. The first-order valence-electron chi connectivity index (χ1n) is 2.97. The van der Waals surface area contributed by atoms with Crippen LogP contribution in [0.3, 0.4) is 0 Å². The van der Waals surface area contributed by atoms with Gasteiger partial charge in [0.2, 0.25) is 0 Å². The number of halogens is 3. The monoisotopic (exact) mass is 157 g/mol. The van der Waals surface area contributed by atoms with Gasteiger partial charge in [-0.3, -0.25) is 0 Å². The molecule has 0 bridgehead atoms. The van der Waals surface area contributed by atoms with E-state index >= 15 is 0 Å². The zero-order chi connectivity index (χ0) is 8.04. The highest BCUT2D eigenvalue weighted by Crippen LogP contribution is 2.11. The van der Waals surface area contributed by atoms with Gasteiger partial charge in [0.15, 0.2) is 0 Å². The van der Waals surface area contributed by atoms with Crippen LogP contribution in [0.5, 0.6) is 0 Å². The van der Waals surface area contributed by atoms with Crippen molar-refractivity contribution in [1.82, 2.24) is 5.48 Å². The first kappa shape index (κ1) is 9.71. The van der Waals surface area contributed by atoms with Crippen molar-refractivity contribution in [3.05, 3.63) is 0 Å². The standard InChI is InChI=1S/C5H10F3NO/c1-2-3-10-9-4-5(6,7)8/h9H,2-4H2,1H3. The Morgan fingerprint density at radius 2 is 2.00 bits per heavy atom. The van der Waals surface area contributed by atoms with Crippen molar-refractivity contribution in [3.8, 4) is 0 Å². The van der Waals surface area contributed by atoms with E-state index in [-0.39, 0.29) is 0 Å². The molecule has 0 radical (unpaired) electrons. The Hall–Kier alpha value is -0.290. The second-order valence-corrected chi connectivity index (χ2v) is 1.78. The van der Waals surface area contributed by atoms with Crippen molar-refractivity contribution < 1.29 is 18.0 Å². The van der Waals surface area contributed by atoms with Crippen molar-refractivity contribution in [2.45, 2.75) is 19.5 Å². The lowest BCUT2D eigenvalue weighted by molar-refractivity contribution is -0.149. The van der Waals surface area contributed by atoms with Crippen molar-refractivity contribution in [1.29, 1.82) is 0 Å². The van der Waals surface area contributed by atoms with Crippen LogP contribution in [0.1, 0.15) is 13.3 Å². The molecule has 0 saturated carbocycles. The summed E-state index contributed by atoms with van der Waals surface area (Å²) in [6.45, 7) is 1.03. The van der Waals surface area contributed by atoms with Gasteiger partial charge in [-0.25, -0.2) is 0 Å². The highest BCUT2D eigenvalue weighted by Gasteiger charge is 2.26. The molecule has 10 heavy (non-hydrogen) atoms. The summed E-state index contributed by atoms with van der Waals surface area (Å²) in [7, 11) is 0. The summed E-state index contributed by atoms with van der Waals surface area (Å²) in [5.41, 5.74) is 1.80. The third-order valence-corrected chi connectivity index (χ3v) is 0.681. The lowest BCUT2D eigenvalue weighted by Crippen LogP contribution is -2.29.